The number of rotatable bonds is 5. The van der Waals surface area contributed by atoms with Crippen molar-refractivity contribution >= 4 is 31.9 Å². The molecule has 2 aromatic rings. The summed E-state index contributed by atoms with van der Waals surface area (Å²) >= 11 is 3.17. The standard InChI is InChI=1S/C19H17BrN2O3S/c20-17-8-14(12-21)9-18(11-17)26(24,25)22-19(23)10-13-4-6-16(7-5-13)15-2-1-3-15/h4-9,11,15H,1-3,10H2,(H,22,23). The summed E-state index contributed by atoms with van der Waals surface area (Å²) in [4.78, 5) is 12.0. The van der Waals surface area contributed by atoms with Crippen LogP contribution in [0.4, 0.5) is 0 Å². The summed E-state index contributed by atoms with van der Waals surface area (Å²) in [5.74, 6) is 0.00369. The molecule has 1 saturated carbocycles. The molecule has 0 spiro atoms. The smallest absolute Gasteiger partial charge is 0.264 e. The number of carbonyl (C=O) groups excluding carboxylic acids is 1. The van der Waals surface area contributed by atoms with Gasteiger partial charge in [-0.25, -0.2) is 13.1 Å². The Bertz CT molecular complexity index is 975. The van der Waals surface area contributed by atoms with Crippen LogP contribution in [0.2, 0.25) is 0 Å². The van der Waals surface area contributed by atoms with E-state index in [0.29, 0.717) is 10.4 Å². The van der Waals surface area contributed by atoms with E-state index in [1.54, 1.807) is 0 Å². The van der Waals surface area contributed by atoms with Crippen molar-refractivity contribution < 1.29 is 13.2 Å². The zero-order valence-electron chi connectivity index (χ0n) is 13.9. The van der Waals surface area contributed by atoms with Gasteiger partial charge >= 0.3 is 0 Å². The van der Waals surface area contributed by atoms with Crippen LogP contribution < -0.4 is 4.72 Å². The zero-order chi connectivity index (χ0) is 18.7. The van der Waals surface area contributed by atoms with E-state index in [9.17, 15) is 13.2 Å². The monoisotopic (exact) mass is 432 g/mol. The van der Waals surface area contributed by atoms with Gasteiger partial charge in [-0.2, -0.15) is 5.26 Å². The molecule has 1 fully saturated rings. The third-order valence-corrected chi connectivity index (χ3v) is 6.29. The van der Waals surface area contributed by atoms with Crippen molar-refractivity contribution in [1.29, 1.82) is 5.26 Å². The largest absolute Gasteiger partial charge is 0.274 e. The average Bonchev–Trinajstić information content (AvgIpc) is 2.54. The molecule has 134 valence electrons. The first kappa shape index (κ1) is 18.6. The Morgan fingerprint density at radius 1 is 1.19 bits per heavy atom. The minimum absolute atomic E-state index is 0.0245. The SMILES string of the molecule is N#Cc1cc(Br)cc(S(=O)(=O)NC(=O)Cc2ccc(C3CCC3)cc2)c1. The fourth-order valence-corrected chi connectivity index (χ4v) is 4.56. The van der Waals surface area contributed by atoms with Crippen LogP contribution in [-0.2, 0) is 21.2 Å². The maximum atomic E-state index is 12.4. The van der Waals surface area contributed by atoms with Gasteiger partial charge in [0.2, 0.25) is 5.91 Å². The summed E-state index contributed by atoms with van der Waals surface area (Å²) < 4.78 is 27.3. The summed E-state index contributed by atoms with van der Waals surface area (Å²) in [5, 5.41) is 8.96. The summed E-state index contributed by atoms with van der Waals surface area (Å²) in [7, 11) is -4.03. The van der Waals surface area contributed by atoms with E-state index in [4.69, 9.17) is 5.26 Å². The van der Waals surface area contributed by atoms with Gasteiger partial charge in [0.25, 0.3) is 10.0 Å². The molecule has 0 aliphatic heterocycles. The van der Waals surface area contributed by atoms with Gasteiger partial charge in [-0.3, -0.25) is 4.79 Å². The third kappa shape index (κ3) is 4.32. The minimum Gasteiger partial charge on any atom is -0.274 e. The van der Waals surface area contributed by atoms with E-state index >= 15 is 0 Å². The summed E-state index contributed by atoms with van der Waals surface area (Å²) in [5.41, 5.74) is 2.22. The second-order valence-electron chi connectivity index (χ2n) is 6.36. The average molecular weight is 433 g/mol. The number of amides is 1. The predicted molar refractivity (Wildman–Crippen MR) is 101 cm³/mol. The van der Waals surface area contributed by atoms with Crippen molar-refractivity contribution in [2.45, 2.75) is 36.5 Å². The number of sulfonamides is 1. The summed E-state index contributed by atoms with van der Waals surface area (Å²) in [6.07, 6.45) is 3.64. The lowest BCUT2D eigenvalue weighted by Gasteiger charge is -2.25. The molecule has 5 nitrogen and oxygen atoms in total. The van der Waals surface area contributed by atoms with Crippen LogP contribution in [0.15, 0.2) is 51.8 Å². The van der Waals surface area contributed by atoms with Gasteiger partial charge in [-0.15, -0.1) is 0 Å². The predicted octanol–water partition coefficient (Wildman–Crippen LogP) is 3.64. The Morgan fingerprint density at radius 3 is 2.46 bits per heavy atom. The van der Waals surface area contributed by atoms with E-state index in [1.165, 1.54) is 43.0 Å². The van der Waals surface area contributed by atoms with Gasteiger partial charge in [0, 0.05) is 4.47 Å². The highest BCUT2D eigenvalue weighted by molar-refractivity contribution is 9.10. The van der Waals surface area contributed by atoms with E-state index in [2.05, 4.69) is 20.7 Å². The second kappa shape index (κ2) is 7.60. The minimum atomic E-state index is -4.03. The number of hydrogen-bond acceptors (Lipinski definition) is 4. The fourth-order valence-electron chi connectivity index (χ4n) is 2.86. The molecule has 2 aromatic carbocycles. The van der Waals surface area contributed by atoms with Crippen LogP contribution >= 0.6 is 15.9 Å². The van der Waals surface area contributed by atoms with Crippen LogP contribution in [0, 0.1) is 11.3 Å². The highest BCUT2D eigenvalue weighted by Gasteiger charge is 2.21. The number of nitrogens with zero attached hydrogens (tertiary/aromatic N) is 1. The van der Waals surface area contributed by atoms with Gasteiger partial charge in [-0.1, -0.05) is 46.6 Å². The molecule has 0 radical (unpaired) electrons. The van der Waals surface area contributed by atoms with Gasteiger partial charge in [-0.05, 0) is 48.1 Å². The molecular formula is C19H17BrN2O3S. The molecule has 0 aromatic heterocycles. The molecule has 0 unspecified atom stereocenters. The van der Waals surface area contributed by atoms with E-state index in [-0.39, 0.29) is 16.9 Å². The van der Waals surface area contributed by atoms with Gasteiger partial charge in [0.15, 0.2) is 0 Å². The highest BCUT2D eigenvalue weighted by Crippen LogP contribution is 2.36. The van der Waals surface area contributed by atoms with Crippen LogP contribution in [-0.4, -0.2) is 14.3 Å². The molecule has 7 heteroatoms. The molecular weight excluding hydrogens is 416 g/mol. The quantitative estimate of drug-likeness (QED) is 0.780. The zero-order valence-corrected chi connectivity index (χ0v) is 16.3. The van der Waals surface area contributed by atoms with Crippen molar-refractivity contribution in [3.8, 4) is 6.07 Å². The molecule has 26 heavy (non-hydrogen) atoms. The molecule has 0 bridgehead atoms. The number of carbonyl (C=O) groups is 1. The van der Waals surface area contributed by atoms with E-state index in [0.717, 1.165) is 5.56 Å². The molecule has 0 heterocycles. The Kier molecular flexibility index (Phi) is 5.44. The van der Waals surface area contributed by atoms with Gasteiger partial charge in [0.1, 0.15) is 0 Å². The molecule has 0 atom stereocenters. The van der Waals surface area contributed by atoms with E-state index in [1.807, 2.05) is 30.3 Å². The molecule has 1 aliphatic carbocycles. The molecule has 1 N–H and O–H groups in total. The van der Waals surface area contributed by atoms with Gasteiger partial charge < -0.3 is 0 Å². The lowest BCUT2D eigenvalue weighted by molar-refractivity contribution is -0.118. The van der Waals surface area contributed by atoms with Crippen molar-refractivity contribution in [1.82, 2.24) is 4.72 Å². The first-order valence-electron chi connectivity index (χ1n) is 8.22. The third-order valence-electron chi connectivity index (χ3n) is 4.48. The molecule has 3 rings (SSSR count). The highest BCUT2D eigenvalue weighted by atomic mass is 79.9. The van der Waals surface area contributed by atoms with E-state index < -0.39 is 15.9 Å². The van der Waals surface area contributed by atoms with Crippen LogP contribution in [0.1, 0.15) is 41.9 Å². The van der Waals surface area contributed by atoms with Crippen molar-refractivity contribution in [3.63, 3.8) is 0 Å². The Morgan fingerprint density at radius 2 is 1.88 bits per heavy atom. The molecule has 1 amide bonds. The van der Waals surface area contributed by atoms with Gasteiger partial charge in [0.05, 0.1) is 22.9 Å². The Labute approximate surface area is 161 Å². The normalized spacial score (nSPS) is 14.3. The molecule has 0 saturated heterocycles. The lowest BCUT2D eigenvalue weighted by atomic mass is 9.80. The summed E-state index contributed by atoms with van der Waals surface area (Å²) in [6, 6.07) is 13.7. The molecule has 1 aliphatic rings. The van der Waals surface area contributed by atoms with Crippen LogP contribution in [0.25, 0.3) is 0 Å². The number of halogens is 1. The summed E-state index contributed by atoms with van der Waals surface area (Å²) in [6.45, 7) is 0. The van der Waals surface area contributed by atoms with Crippen molar-refractivity contribution in [2.75, 3.05) is 0 Å². The number of benzene rings is 2. The number of nitriles is 1. The van der Waals surface area contributed by atoms with Crippen LogP contribution in [0.5, 0.6) is 0 Å². The lowest BCUT2D eigenvalue weighted by Crippen LogP contribution is -2.31. The number of hydrogen-bond donors (Lipinski definition) is 1. The fraction of sp³-hybridized carbons (Fsp3) is 0.263. The maximum absolute atomic E-state index is 12.4. The first-order valence-corrected chi connectivity index (χ1v) is 10.5. The number of nitrogens with one attached hydrogen (secondary N) is 1. The van der Waals surface area contributed by atoms with Crippen molar-refractivity contribution in [2.24, 2.45) is 0 Å². The van der Waals surface area contributed by atoms with Crippen LogP contribution in [0.3, 0.4) is 0 Å². The maximum Gasteiger partial charge on any atom is 0.264 e. The second-order valence-corrected chi connectivity index (χ2v) is 8.96. The Hall–Kier alpha value is -2.17. The van der Waals surface area contributed by atoms with Crippen molar-refractivity contribution in [3.05, 3.63) is 63.6 Å². The topological polar surface area (TPSA) is 87.0 Å². The Balaban J connectivity index is 1.68. The first-order chi connectivity index (χ1) is 12.4.